The third-order valence-electron chi connectivity index (χ3n) is 4.58. The molecule has 0 unspecified atom stereocenters. The van der Waals surface area contributed by atoms with Crippen LogP contribution in [0.25, 0.3) is 16.3 Å². The lowest BCUT2D eigenvalue weighted by atomic mass is 10.2. The molecule has 2 N–H and O–H groups in total. The zero-order chi connectivity index (χ0) is 18.5. The van der Waals surface area contributed by atoms with Crippen molar-refractivity contribution in [3.63, 3.8) is 0 Å². The van der Waals surface area contributed by atoms with Crippen molar-refractivity contribution in [1.29, 1.82) is 0 Å². The normalized spacial score (nSPS) is 13.6. The van der Waals surface area contributed by atoms with Crippen molar-refractivity contribution in [2.45, 2.75) is 38.3 Å². The van der Waals surface area contributed by atoms with E-state index in [9.17, 15) is 4.79 Å². The molecule has 1 amide bonds. The highest BCUT2D eigenvalue weighted by molar-refractivity contribution is 7.13. The van der Waals surface area contributed by atoms with Gasteiger partial charge in [-0.25, -0.2) is 4.68 Å². The van der Waals surface area contributed by atoms with Gasteiger partial charge in [-0.05, 0) is 49.4 Å². The summed E-state index contributed by atoms with van der Waals surface area (Å²) < 4.78 is 1.94. The first-order valence-corrected chi connectivity index (χ1v) is 10.4. The molecule has 27 heavy (non-hydrogen) atoms. The van der Waals surface area contributed by atoms with Gasteiger partial charge in [0.25, 0.3) is 0 Å². The van der Waals surface area contributed by atoms with Crippen LogP contribution in [-0.4, -0.2) is 28.3 Å². The summed E-state index contributed by atoms with van der Waals surface area (Å²) in [6, 6.07) is 14.8. The number of hydrogen-bond acceptors (Lipinski definition) is 4. The molecular formula is C21H24N4OS. The van der Waals surface area contributed by atoms with Crippen molar-refractivity contribution in [3.8, 4) is 16.3 Å². The second kappa shape index (κ2) is 8.50. The van der Waals surface area contributed by atoms with E-state index in [0.717, 1.165) is 43.7 Å². The Morgan fingerprint density at radius 2 is 2.04 bits per heavy atom. The van der Waals surface area contributed by atoms with Crippen molar-refractivity contribution in [2.75, 3.05) is 6.54 Å². The number of para-hydroxylation sites is 1. The highest BCUT2D eigenvalue weighted by atomic mass is 32.1. The average molecular weight is 381 g/mol. The molecule has 4 rings (SSSR count). The second-order valence-electron chi connectivity index (χ2n) is 6.88. The third kappa shape index (κ3) is 4.84. The topological polar surface area (TPSA) is 59.0 Å². The number of rotatable bonds is 9. The number of carbonyl (C=O) groups excluding carboxylic acids is 1. The molecule has 0 bridgehead atoms. The van der Waals surface area contributed by atoms with Gasteiger partial charge < -0.3 is 10.6 Å². The highest BCUT2D eigenvalue weighted by Crippen LogP contribution is 2.27. The number of nitrogens with one attached hydrogen (secondary N) is 2. The van der Waals surface area contributed by atoms with Gasteiger partial charge in [-0.15, -0.1) is 11.3 Å². The monoisotopic (exact) mass is 380 g/mol. The summed E-state index contributed by atoms with van der Waals surface area (Å²) >= 11 is 1.70. The summed E-state index contributed by atoms with van der Waals surface area (Å²) in [6.45, 7) is 1.56. The largest absolute Gasteiger partial charge is 0.353 e. The average Bonchev–Trinajstić information content (AvgIpc) is 3.18. The molecule has 0 aliphatic heterocycles. The molecule has 2 heterocycles. The summed E-state index contributed by atoms with van der Waals surface area (Å²) in [5.41, 5.74) is 3.25. The molecule has 1 aromatic carbocycles. The van der Waals surface area contributed by atoms with Crippen molar-refractivity contribution >= 4 is 17.2 Å². The smallest absolute Gasteiger partial charge is 0.220 e. The molecule has 2 aromatic heterocycles. The molecule has 0 atom stereocenters. The first-order chi connectivity index (χ1) is 13.3. The van der Waals surface area contributed by atoms with Crippen molar-refractivity contribution < 1.29 is 4.79 Å². The molecule has 140 valence electrons. The van der Waals surface area contributed by atoms with Gasteiger partial charge >= 0.3 is 0 Å². The highest BCUT2D eigenvalue weighted by Gasteiger charge is 2.22. The van der Waals surface area contributed by atoms with Crippen molar-refractivity contribution in [3.05, 3.63) is 59.6 Å². The third-order valence-corrected chi connectivity index (χ3v) is 5.46. The summed E-state index contributed by atoms with van der Waals surface area (Å²) in [7, 11) is 0. The van der Waals surface area contributed by atoms with E-state index < -0.39 is 0 Å². The van der Waals surface area contributed by atoms with Gasteiger partial charge in [0, 0.05) is 30.8 Å². The molecule has 1 saturated carbocycles. The number of nitrogens with zero attached hydrogens (tertiary/aromatic N) is 2. The van der Waals surface area contributed by atoms with Crippen molar-refractivity contribution in [2.24, 2.45) is 0 Å². The predicted molar refractivity (Wildman–Crippen MR) is 109 cm³/mol. The minimum absolute atomic E-state index is 0.176. The molecule has 3 aromatic rings. The van der Waals surface area contributed by atoms with E-state index in [1.54, 1.807) is 11.3 Å². The number of thiophene rings is 1. The van der Waals surface area contributed by atoms with Gasteiger partial charge in [0.2, 0.25) is 5.91 Å². The van der Waals surface area contributed by atoms with E-state index in [4.69, 9.17) is 5.10 Å². The summed E-state index contributed by atoms with van der Waals surface area (Å²) in [6.07, 6.45) is 5.81. The fourth-order valence-corrected chi connectivity index (χ4v) is 3.74. The van der Waals surface area contributed by atoms with Gasteiger partial charge in [0.1, 0.15) is 5.69 Å². The summed E-state index contributed by atoms with van der Waals surface area (Å²) in [5.74, 6) is 0.176. The van der Waals surface area contributed by atoms with Crippen molar-refractivity contribution in [1.82, 2.24) is 20.4 Å². The number of carbonyl (C=O) groups is 1. The van der Waals surface area contributed by atoms with Crippen LogP contribution < -0.4 is 10.6 Å². The lowest BCUT2D eigenvalue weighted by molar-refractivity contribution is -0.121. The van der Waals surface area contributed by atoms with E-state index in [0.29, 0.717) is 12.5 Å². The summed E-state index contributed by atoms with van der Waals surface area (Å²) in [4.78, 5) is 12.9. The maximum Gasteiger partial charge on any atom is 0.220 e. The number of amides is 1. The maximum atomic E-state index is 11.7. The van der Waals surface area contributed by atoms with E-state index in [1.165, 1.54) is 10.4 Å². The van der Waals surface area contributed by atoms with Gasteiger partial charge in [-0.1, -0.05) is 24.3 Å². The Morgan fingerprint density at radius 3 is 2.78 bits per heavy atom. The molecule has 0 radical (unpaired) electrons. The van der Waals surface area contributed by atoms with Crippen LogP contribution >= 0.6 is 11.3 Å². The Labute approximate surface area is 163 Å². The zero-order valence-corrected chi connectivity index (χ0v) is 16.0. The molecule has 0 saturated heterocycles. The van der Waals surface area contributed by atoms with E-state index in [1.807, 2.05) is 22.9 Å². The number of benzene rings is 1. The Morgan fingerprint density at radius 1 is 1.19 bits per heavy atom. The Kier molecular flexibility index (Phi) is 5.65. The maximum absolute atomic E-state index is 11.7. The van der Waals surface area contributed by atoms with E-state index >= 15 is 0 Å². The predicted octanol–water partition coefficient (Wildman–Crippen LogP) is 3.75. The van der Waals surface area contributed by atoms with Gasteiger partial charge in [-0.3, -0.25) is 4.79 Å². The Hall–Kier alpha value is -2.44. The van der Waals surface area contributed by atoms with E-state index in [-0.39, 0.29) is 5.91 Å². The molecule has 5 nitrogen and oxygen atoms in total. The fourth-order valence-electron chi connectivity index (χ4n) is 3.00. The Balaban J connectivity index is 1.37. The minimum Gasteiger partial charge on any atom is -0.353 e. The zero-order valence-electron chi connectivity index (χ0n) is 15.2. The Bertz CT molecular complexity index is 869. The standard InChI is InChI=1S/C21H24N4OS/c26-20(23-17-10-11-17)9-4-12-22-14-16-15-25(18-6-2-1-3-7-18)24-21(16)19-8-5-13-27-19/h1-3,5-8,13,15,17,22H,4,9-12,14H2,(H,23,26). The fraction of sp³-hybridized carbons (Fsp3) is 0.333. The first kappa shape index (κ1) is 17.9. The molecule has 1 aliphatic carbocycles. The first-order valence-electron chi connectivity index (χ1n) is 9.47. The van der Waals surface area contributed by atoms with E-state index in [2.05, 4.69) is 46.5 Å². The second-order valence-corrected chi connectivity index (χ2v) is 7.83. The molecular weight excluding hydrogens is 356 g/mol. The lowest BCUT2D eigenvalue weighted by Gasteiger charge is -2.05. The SMILES string of the molecule is O=C(CCCNCc1cn(-c2ccccc2)nc1-c1cccs1)NC1CC1. The molecule has 6 heteroatoms. The number of hydrogen-bond donors (Lipinski definition) is 2. The van der Waals surface area contributed by atoms with Gasteiger partial charge in [0.05, 0.1) is 10.6 Å². The van der Waals surface area contributed by atoms with Crippen LogP contribution in [0.1, 0.15) is 31.2 Å². The van der Waals surface area contributed by atoms with Crippen LogP contribution in [0.5, 0.6) is 0 Å². The van der Waals surface area contributed by atoms with Crippen LogP contribution in [-0.2, 0) is 11.3 Å². The number of aromatic nitrogens is 2. The van der Waals surface area contributed by atoms with Crippen LogP contribution in [0, 0.1) is 0 Å². The van der Waals surface area contributed by atoms with Crippen LogP contribution in [0.15, 0.2) is 54.0 Å². The van der Waals surface area contributed by atoms with Crippen LogP contribution in [0.2, 0.25) is 0 Å². The quantitative estimate of drug-likeness (QED) is 0.556. The summed E-state index contributed by atoms with van der Waals surface area (Å²) in [5, 5.41) is 13.4. The van der Waals surface area contributed by atoms with Crippen LogP contribution in [0.4, 0.5) is 0 Å². The molecule has 1 fully saturated rings. The molecule has 0 spiro atoms. The van der Waals surface area contributed by atoms with Crippen LogP contribution in [0.3, 0.4) is 0 Å². The van der Waals surface area contributed by atoms with Gasteiger partial charge in [-0.2, -0.15) is 5.10 Å². The minimum atomic E-state index is 0.176. The molecule has 1 aliphatic rings. The van der Waals surface area contributed by atoms with Gasteiger partial charge in [0.15, 0.2) is 0 Å². The lowest BCUT2D eigenvalue weighted by Crippen LogP contribution is -2.26.